The summed E-state index contributed by atoms with van der Waals surface area (Å²) in [5.41, 5.74) is 5.84. The third-order valence-electron chi connectivity index (χ3n) is 3.07. The van der Waals surface area contributed by atoms with Crippen LogP contribution in [0.1, 0.15) is 18.9 Å². The van der Waals surface area contributed by atoms with Gasteiger partial charge in [0.15, 0.2) is 0 Å². The minimum atomic E-state index is -0.661. The molecule has 6 heteroatoms. The maximum Gasteiger partial charge on any atom is 0.223 e. The number of nitrogens with zero attached hydrogens (tertiary/aromatic N) is 1. The van der Waals surface area contributed by atoms with Gasteiger partial charge in [-0.3, -0.25) is 4.79 Å². The smallest absolute Gasteiger partial charge is 0.223 e. The first kappa shape index (κ1) is 14.3. The van der Waals surface area contributed by atoms with Crippen molar-refractivity contribution in [3.8, 4) is 22.8 Å². The molecule has 2 rings (SSSR count). The van der Waals surface area contributed by atoms with Crippen LogP contribution in [0.3, 0.4) is 0 Å². The van der Waals surface area contributed by atoms with Crippen LogP contribution in [-0.2, 0) is 11.2 Å². The lowest BCUT2D eigenvalue weighted by atomic mass is 9.89. The molecule has 106 valence electrons. The van der Waals surface area contributed by atoms with Gasteiger partial charge < -0.3 is 15.9 Å². The summed E-state index contributed by atoms with van der Waals surface area (Å²) in [6, 6.07) is 4.35. The Morgan fingerprint density at radius 3 is 2.70 bits per heavy atom. The van der Waals surface area contributed by atoms with Crippen LogP contribution in [0.4, 0.5) is 0 Å². The highest BCUT2D eigenvalue weighted by Gasteiger charge is 2.26. The minimum Gasteiger partial charge on any atom is -0.508 e. The largest absolute Gasteiger partial charge is 0.508 e. The van der Waals surface area contributed by atoms with E-state index in [1.807, 2.05) is 0 Å². The molecule has 0 atom stereocenters. The molecule has 4 N–H and O–H groups in total. The first-order chi connectivity index (χ1) is 9.29. The molecule has 1 aromatic carbocycles. The van der Waals surface area contributed by atoms with Gasteiger partial charge >= 0.3 is 0 Å². The average Bonchev–Trinajstić information content (AvgIpc) is 2.76. The van der Waals surface area contributed by atoms with E-state index in [4.69, 9.17) is 5.73 Å². The van der Waals surface area contributed by atoms with Gasteiger partial charge in [0.1, 0.15) is 11.5 Å². The van der Waals surface area contributed by atoms with Crippen LogP contribution < -0.4 is 5.73 Å². The van der Waals surface area contributed by atoms with E-state index in [0.29, 0.717) is 17.7 Å². The van der Waals surface area contributed by atoms with Crippen molar-refractivity contribution in [2.24, 2.45) is 11.1 Å². The number of thiazole rings is 1. The number of phenols is 2. The molecule has 0 fully saturated rings. The molecule has 1 amide bonds. The zero-order valence-electron chi connectivity index (χ0n) is 11.3. The molecule has 1 heterocycles. The fourth-order valence-corrected chi connectivity index (χ4v) is 2.74. The fourth-order valence-electron chi connectivity index (χ4n) is 1.72. The topological polar surface area (TPSA) is 96.4 Å². The van der Waals surface area contributed by atoms with Crippen LogP contribution in [-0.4, -0.2) is 21.1 Å². The normalized spacial score (nSPS) is 11.5. The van der Waals surface area contributed by atoms with Crippen LogP contribution in [0, 0.1) is 5.41 Å². The Labute approximate surface area is 120 Å². The Hall–Kier alpha value is -2.08. The first-order valence-electron chi connectivity index (χ1n) is 6.06. The molecule has 0 aliphatic heterocycles. The molecule has 5 nitrogen and oxygen atoms in total. The summed E-state index contributed by atoms with van der Waals surface area (Å²) in [5.74, 6) is -0.408. The molecule has 0 spiro atoms. The summed E-state index contributed by atoms with van der Waals surface area (Å²) in [5, 5.41) is 21.7. The van der Waals surface area contributed by atoms with Gasteiger partial charge in [-0.15, -0.1) is 11.3 Å². The maximum absolute atomic E-state index is 11.3. The lowest BCUT2D eigenvalue weighted by Crippen LogP contribution is -2.33. The number of hydrogen-bond donors (Lipinski definition) is 3. The summed E-state index contributed by atoms with van der Waals surface area (Å²) in [6.45, 7) is 3.54. The molecule has 0 bridgehead atoms. The highest BCUT2D eigenvalue weighted by Crippen LogP contribution is 2.33. The van der Waals surface area contributed by atoms with Crippen LogP contribution in [0.2, 0.25) is 0 Å². The zero-order chi connectivity index (χ0) is 14.9. The molecule has 0 radical (unpaired) electrons. The monoisotopic (exact) mass is 292 g/mol. The molecular weight excluding hydrogens is 276 g/mol. The predicted octanol–water partition coefficient (Wildman–Crippen LogP) is 2.28. The average molecular weight is 292 g/mol. The van der Waals surface area contributed by atoms with Gasteiger partial charge in [-0.25, -0.2) is 4.98 Å². The summed E-state index contributed by atoms with van der Waals surface area (Å²) in [6.07, 6.45) is 0.450. The number of carbonyl (C=O) groups excluding carboxylic acids is 1. The van der Waals surface area contributed by atoms with E-state index in [2.05, 4.69) is 4.98 Å². The number of hydrogen-bond acceptors (Lipinski definition) is 5. The SMILES string of the molecule is CC(C)(Cc1nc(-c2ccc(O)cc2O)cs1)C(N)=O. The standard InChI is InChI=1S/C14H16N2O3S/c1-14(2,13(15)19)6-12-16-10(7-20-12)9-4-3-8(17)5-11(9)18/h3-5,7,17-18H,6H2,1-2H3,(H2,15,19). The predicted molar refractivity (Wildman–Crippen MR) is 77.6 cm³/mol. The van der Waals surface area contributed by atoms with Crippen LogP contribution in [0.25, 0.3) is 11.3 Å². The summed E-state index contributed by atoms with van der Waals surface area (Å²) >= 11 is 1.41. The van der Waals surface area contributed by atoms with Gasteiger partial charge in [-0.05, 0) is 12.1 Å². The van der Waals surface area contributed by atoms with Crippen molar-refractivity contribution in [2.75, 3.05) is 0 Å². The summed E-state index contributed by atoms with van der Waals surface area (Å²) in [4.78, 5) is 15.7. The Bertz CT molecular complexity index is 650. The van der Waals surface area contributed by atoms with Crippen molar-refractivity contribution in [3.63, 3.8) is 0 Å². The third kappa shape index (κ3) is 2.91. The molecule has 0 saturated heterocycles. The molecule has 0 aliphatic carbocycles. The number of primary amides is 1. The van der Waals surface area contributed by atoms with E-state index in [9.17, 15) is 15.0 Å². The Kier molecular flexibility index (Phi) is 3.67. The van der Waals surface area contributed by atoms with E-state index in [1.165, 1.54) is 23.5 Å². The van der Waals surface area contributed by atoms with E-state index in [-0.39, 0.29) is 17.4 Å². The molecular formula is C14H16N2O3S. The number of aromatic nitrogens is 1. The summed E-state index contributed by atoms with van der Waals surface area (Å²) < 4.78 is 0. The van der Waals surface area contributed by atoms with Crippen molar-refractivity contribution in [3.05, 3.63) is 28.6 Å². The molecule has 0 unspecified atom stereocenters. The number of rotatable bonds is 4. The maximum atomic E-state index is 11.3. The Balaban J connectivity index is 2.27. The van der Waals surface area contributed by atoms with Crippen molar-refractivity contribution < 1.29 is 15.0 Å². The van der Waals surface area contributed by atoms with E-state index < -0.39 is 5.41 Å². The molecule has 1 aromatic heterocycles. The number of phenolic OH excluding ortho intramolecular Hbond substituents is 2. The second-order valence-corrected chi connectivity index (χ2v) is 6.20. The Morgan fingerprint density at radius 1 is 1.40 bits per heavy atom. The van der Waals surface area contributed by atoms with Gasteiger partial charge in [0.25, 0.3) is 0 Å². The lowest BCUT2D eigenvalue weighted by molar-refractivity contribution is -0.125. The molecule has 20 heavy (non-hydrogen) atoms. The first-order valence-corrected chi connectivity index (χ1v) is 6.94. The second-order valence-electron chi connectivity index (χ2n) is 5.25. The van der Waals surface area contributed by atoms with Gasteiger partial charge in [-0.2, -0.15) is 0 Å². The van der Waals surface area contributed by atoms with Crippen molar-refractivity contribution in [1.29, 1.82) is 0 Å². The minimum absolute atomic E-state index is 0.00318. The summed E-state index contributed by atoms with van der Waals surface area (Å²) in [7, 11) is 0. The van der Waals surface area contributed by atoms with Crippen LogP contribution in [0.15, 0.2) is 23.6 Å². The molecule has 0 saturated carbocycles. The van der Waals surface area contributed by atoms with Gasteiger partial charge in [0.05, 0.1) is 10.7 Å². The fraction of sp³-hybridized carbons (Fsp3) is 0.286. The lowest BCUT2D eigenvalue weighted by Gasteiger charge is -2.18. The van der Waals surface area contributed by atoms with Crippen molar-refractivity contribution in [2.45, 2.75) is 20.3 Å². The molecule has 2 aromatic rings. The van der Waals surface area contributed by atoms with E-state index in [0.717, 1.165) is 5.01 Å². The van der Waals surface area contributed by atoms with E-state index in [1.54, 1.807) is 25.3 Å². The highest BCUT2D eigenvalue weighted by molar-refractivity contribution is 7.10. The van der Waals surface area contributed by atoms with Crippen LogP contribution in [0.5, 0.6) is 11.5 Å². The highest BCUT2D eigenvalue weighted by atomic mass is 32.1. The zero-order valence-corrected chi connectivity index (χ0v) is 12.1. The number of nitrogens with two attached hydrogens (primary N) is 1. The van der Waals surface area contributed by atoms with Crippen molar-refractivity contribution in [1.82, 2.24) is 4.98 Å². The van der Waals surface area contributed by atoms with Crippen molar-refractivity contribution >= 4 is 17.2 Å². The van der Waals surface area contributed by atoms with Gasteiger partial charge in [0, 0.05) is 28.8 Å². The number of carbonyl (C=O) groups is 1. The number of benzene rings is 1. The molecule has 0 aliphatic rings. The Morgan fingerprint density at radius 2 is 2.10 bits per heavy atom. The van der Waals surface area contributed by atoms with E-state index >= 15 is 0 Å². The number of amides is 1. The van der Waals surface area contributed by atoms with Crippen LogP contribution >= 0.6 is 11.3 Å². The van der Waals surface area contributed by atoms with Gasteiger partial charge in [-0.1, -0.05) is 13.8 Å². The second kappa shape index (κ2) is 5.13. The van der Waals surface area contributed by atoms with Gasteiger partial charge in [0.2, 0.25) is 5.91 Å². The number of aromatic hydroxyl groups is 2. The third-order valence-corrected chi connectivity index (χ3v) is 3.92. The quantitative estimate of drug-likeness (QED) is 0.805.